The first-order chi connectivity index (χ1) is 25.8. The molecule has 0 radical (unpaired) electrons. The molecule has 0 fully saturated rings. The van der Waals surface area contributed by atoms with E-state index < -0.39 is 0 Å². The van der Waals surface area contributed by atoms with Gasteiger partial charge in [-0.3, -0.25) is 0 Å². The van der Waals surface area contributed by atoms with E-state index in [9.17, 15) is 0 Å². The molecule has 0 unspecified atom stereocenters. The van der Waals surface area contributed by atoms with Crippen LogP contribution in [0.5, 0.6) is 0 Å². The van der Waals surface area contributed by atoms with Gasteiger partial charge in [0, 0.05) is 33.9 Å². The Morgan fingerprint density at radius 3 is 1.58 bits per heavy atom. The molecule has 52 heavy (non-hydrogen) atoms. The van der Waals surface area contributed by atoms with Crippen LogP contribution in [-0.2, 0) is 0 Å². The number of nitrogens with zero attached hydrogens (tertiary/aromatic N) is 1. The van der Waals surface area contributed by atoms with Crippen molar-refractivity contribution in [1.82, 2.24) is 0 Å². The third-order valence-corrected chi connectivity index (χ3v) is 10.3. The molecular formula is C50H33NO. The summed E-state index contributed by atoms with van der Waals surface area (Å²) in [7, 11) is 0. The van der Waals surface area contributed by atoms with Gasteiger partial charge in [-0.1, -0.05) is 140 Å². The Morgan fingerprint density at radius 2 is 0.827 bits per heavy atom. The zero-order valence-corrected chi connectivity index (χ0v) is 28.4. The number of furan rings is 1. The van der Waals surface area contributed by atoms with E-state index in [-0.39, 0.29) is 0 Å². The van der Waals surface area contributed by atoms with Gasteiger partial charge in [-0.15, -0.1) is 0 Å². The molecule has 0 N–H and O–H groups in total. The largest absolute Gasteiger partial charge is 0.456 e. The highest BCUT2D eigenvalue weighted by atomic mass is 16.3. The van der Waals surface area contributed by atoms with Crippen molar-refractivity contribution in [3.8, 4) is 33.4 Å². The number of benzene rings is 9. The highest BCUT2D eigenvalue weighted by Crippen LogP contribution is 2.41. The van der Waals surface area contributed by atoms with Crippen LogP contribution >= 0.6 is 0 Å². The van der Waals surface area contributed by atoms with Crippen LogP contribution in [0.2, 0.25) is 0 Å². The lowest BCUT2D eigenvalue weighted by atomic mass is 9.93. The third-order valence-electron chi connectivity index (χ3n) is 10.3. The number of para-hydroxylation sites is 1. The van der Waals surface area contributed by atoms with E-state index >= 15 is 0 Å². The zero-order chi connectivity index (χ0) is 34.4. The van der Waals surface area contributed by atoms with E-state index in [2.05, 4.69) is 193 Å². The molecule has 1 aromatic heterocycles. The first-order valence-corrected chi connectivity index (χ1v) is 17.8. The molecular weight excluding hydrogens is 631 g/mol. The summed E-state index contributed by atoms with van der Waals surface area (Å²) in [6, 6.07) is 71.7. The number of fused-ring (bicyclic) bond motifs is 6. The van der Waals surface area contributed by atoms with E-state index in [1.54, 1.807) is 0 Å². The van der Waals surface area contributed by atoms with Crippen LogP contribution in [-0.4, -0.2) is 0 Å². The maximum atomic E-state index is 6.37. The molecule has 9 aromatic carbocycles. The average Bonchev–Trinajstić information content (AvgIpc) is 3.60. The van der Waals surface area contributed by atoms with Crippen LogP contribution in [0, 0.1) is 0 Å². The van der Waals surface area contributed by atoms with Crippen molar-refractivity contribution in [2.24, 2.45) is 0 Å². The second-order valence-electron chi connectivity index (χ2n) is 13.3. The van der Waals surface area contributed by atoms with Crippen LogP contribution in [0.25, 0.3) is 76.9 Å². The molecule has 0 amide bonds. The third kappa shape index (κ3) is 5.21. The Morgan fingerprint density at radius 1 is 0.288 bits per heavy atom. The second kappa shape index (κ2) is 12.5. The zero-order valence-electron chi connectivity index (χ0n) is 28.4. The minimum absolute atomic E-state index is 0.873. The van der Waals surface area contributed by atoms with Gasteiger partial charge < -0.3 is 9.32 Å². The second-order valence-corrected chi connectivity index (χ2v) is 13.3. The van der Waals surface area contributed by atoms with E-state index in [0.717, 1.165) is 39.0 Å². The SMILES string of the molecule is c1ccc(-c2cccc(-c3ccc(N(c4ccc(-c5cc6ccccc6c6ccccc56)cc4)c4ccc5c(c4)oc4ccccc45)cc3)c2)cc1. The summed E-state index contributed by atoms with van der Waals surface area (Å²) in [6.07, 6.45) is 0. The maximum Gasteiger partial charge on any atom is 0.137 e. The number of rotatable bonds is 6. The Bertz CT molecular complexity index is 2890. The Hall–Kier alpha value is -6.90. The monoisotopic (exact) mass is 663 g/mol. The molecule has 0 aliphatic carbocycles. The fraction of sp³-hybridized carbons (Fsp3) is 0. The van der Waals surface area contributed by atoms with Gasteiger partial charge in [0.2, 0.25) is 0 Å². The number of anilines is 3. The quantitative estimate of drug-likeness (QED) is 0.165. The van der Waals surface area contributed by atoms with Crippen molar-refractivity contribution in [2.75, 3.05) is 4.90 Å². The molecule has 0 spiro atoms. The van der Waals surface area contributed by atoms with Crippen molar-refractivity contribution in [2.45, 2.75) is 0 Å². The van der Waals surface area contributed by atoms with Gasteiger partial charge in [-0.2, -0.15) is 0 Å². The van der Waals surface area contributed by atoms with E-state index in [1.807, 2.05) is 12.1 Å². The van der Waals surface area contributed by atoms with Crippen molar-refractivity contribution < 1.29 is 4.42 Å². The molecule has 0 aliphatic heterocycles. The lowest BCUT2D eigenvalue weighted by Gasteiger charge is -2.26. The van der Waals surface area contributed by atoms with Crippen molar-refractivity contribution in [3.63, 3.8) is 0 Å². The number of hydrogen-bond donors (Lipinski definition) is 0. The Labute approximate surface area is 302 Å². The van der Waals surface area contributed by atoms with Gasteiger partial charge in [0.25, 0.3) is 0 Å². The predicted octanol–water partition coefficient (Wildman–Crippen LogP) is 14.4. The molecule has 0 bridgehead atoms. The molecule has 0 aliphatic rings. The van der Waals surface area contributed by atoms with E-state index in [0.29, 0.717) is 0 Å². The number of hydrogen-bond acceptors (Lipinski definition) is 2. The van der Waals surface area contributed by atoms with Crippen LogP contribution in [0.1, 0.15) is 0 Å². The Balaban J connectivity index is 1.08. The summed E-state index contributed by atoms with van der Waals surface area (Å²) in [4.78, 5) is 2.32. The molecule has 244 valence electrons. The fourth-order valence-corrected chi connectivity index (χ4v) is 7.70. The summed E-state index contributed by atoms with van der Waals surface area (Å²) in [5, 5.41) is 7.30. The summed E-state index contributed by atoms with van der Waals surface area (Å²) >= 11 is 0. The summed E-state index contributed by atoms with van der Waals surface area (Å²) in [6.45, 7) is 0. The molecule has 0 saturated carbocycles. The lowest BCUT2D eigenvalue weighted by molar-refractivity contribution is 0.669. The van der Waals surface area contributed by atoms with Gasteiger partial charge >= 0.3 is 0 Å². The molecule has 10 aromatic rings. The van der Waals surface area contributed by atoms with Crippen LogP contribution in [0.3, 0.4) is 0 Å². The van der Waals surface area contributed by atoms with Crippen molar-refractivity contribution in [3.05, 3.63) is 200 Å². The van der Waals surface area contributed by atoms with Gasteiger partial charge in [-0.05, 0) is 110 Å². The summed E-state index contributed by atoms with van der Waals surface area (Å²) < 4.78 is 6.37. The van der Waals surface area contributed by atoms with Gasteiger partial charge in [-0.25, -0.2) is 0 Å². The smallest absolute Gasteiger partial charge is 0.137 e. The molecule has 1 heterocycles. The highest BCUT2D eigenvalue weighted by molar-refractivity contribution is 6.14. The fourth-order valence-electron chi connectivity index (χ4n) is 7.70. The normalized spacial score (nSPS) is 11.5. The van der Waals surface area contributed by atoms with Gasteiger partial charge in [0.1, 0.15) is 11.2 Å². The van der Waals surface area contributed by atoms with Crippen molar-refractivity contribution >= 4 is 60.5 Å². The standard InChI is InChI=1S/C50H33NO/c1-2-11-34(12-3-1)37-14-10-15-38(31-37)35-21-25-40(26-22-35)51(42-29-30-47-46-19-8-9-20-49(46)52-50(47)33-42)41-27-23-36(24-28-41)48-32-39-13-4-5-16-43(39)44-17-6-7-18-45(44)48/h1-33H. The summed E-state index contributed by atoms with van der Waals surface area (Å²) in [5.74, 6) is 0. The first-order valence-electron chi connectivity index (χ1n) is 17.8. The maximum absolute atomic E-state index is 6.37. The Kier molecular flexibility index (Phi) is 7.18. The van der Waals surface area contributed by atoms with E-state index in [4.69, 9.17) is 4.42 Å². The van der Waals surface area contributed by atoms with Crippen LogP contribution in [0.4, 0.5) is 17.1 Å². The molecule has 2 nitrogen and oxygen atoms in total. The minimum atomic E-state index is 0.873. The van der Waals surface area contributed by atoms with Gasteiger partial charge in [0.15, 0.2) is 0 Å². The minimum Gasteiger partial charge on any atom is -0.456 e. The average molecular weight is 664 g/mol. The van der Waals surface area contributed by atoms with Gasteiger partial charge in [0.05, 0.1) is 0 Å². The van der Waals surface area contributed by atoms with E-state index in [1.165, 1.54) is 54.9 Å². The molecule has 10 rings (SSSR count). The first kappa shape index (κ1) is 30.0. The molecule has 0 saturated heterocycles. The van der Waals surface area contributed by atoms with Crippen molar-refractivity contribution in [1.29, 1.82) is 0 Å². The van der Waals surface area contributed by atoms with Crippen LogP contribution in [0.15, 0.2) is 205 Å². The summed E-state index contributed by atoms with van der Waals surface area (Å²) in [5.41, 5.74) is 12.2. The lowest BCUT2D eigenvalue weighted by Crippen LogP contribution is -2.09. The predicted molar refractivity (Wildman–Crippen MR) is 220 cm³/mol. The topological polar surface area (TPSA) is 16.4 Å². The molecule has 2 heteroatoms. The highest BCUT2D eigenvalue weighted by Gasteiger charge is 2.17. The van der Waals surface area contributed by atoms with Crippen LogP contribution < -0.4 is 4.90 Å². The molecule has 0 atom stereocenters.